The smallest absolute Gasteiger partial charge is 0.317 e. The van der Waals surface area contributed by atoms with Crippen molar-refractivity contribution >= 4 is 11.9 Å². The first-order chi connectivity index (χ1) is 9.58. The van der Waals surface area contributed by atoms with Gasteiger partial charge in [-0.05, 0) is 19.4 Å². The SMILES string of the molecule is CCN(CC(=O)O)C1CC(NC(=O)Cc2ccon2)C1. The van der Waals surface area contributed by atoms with Gasteiger partial charge in [-0.3, -0.25) is 14.5 Å². The summed E-state index contributed by atoms with van der Waals surface area (Å²) in [5.41, 5.74) is 0.611. The van der Waals surface area contributed by atoms with E-state index in [2.05, 4.69) is 15.0 Å². The summed E-state index contributed by atoms with van der Waals surface area (Å²) in [6, 6.07) is 2.03. The van der Waals surface area contributed by atoms with Crippen LogP contribution in [0.3, 0.4) is 0 Å². The van der Waals surface area contributed by atoms with Crippen molar-refractivity contribution in [1.82, 2.24) is 15.4 Å². The summed E-state index contributed by atoms with van der Waals surface area (Å²) in [5, 5.41) is 15.4. The molecule has 0 spiro atoms. The third-order valence-electron chi connectivity index (χ3n) is 3.57. The number of hydrogen-bond acceptors (Lipinski definition) is 5. The van der Waals surface area contributed by atoms with Crippen molar-refractivity contribution in [2.45, 2.75) is 38.3 Å². The minimum atomic E-state index is -0.814. The van der Waals surface area contributed by atoms with Crippen LogP contribution in [0.5, 0.6) is 0 Å². The maximum absolute atomic E-state index is 11.7. The Labute approximate surface area is 116 Å². The maximum atomic E-state index is 11.7. The number of carbonyl (C=O) groups excluding carboxylic acids is 1. The van der Waals surface area contributed by atoms with Crippen LogP contribution in [0.4, 0.5) is 0 Å². The Morgan fingerprint density at radius 3 is 2.85 bits per heavy atom. The van der Waals surface area contributed by atoms with Crippen LogP contribution in [0.25, 0.3) is 0 Å². The summed E-state index contributed by atoms with van der Waals surface area (Å²) >= 11 is 0. The number of amides is 1. The van der Waals surface area contributed by atoms with Crippen LogP contribution < -0.4 is 5.32 Å². The van der Waals surface area contributed by atoms with E-state index >= 15 is 0 Å². The molecular formula is C13H19N3O4. The number of nitrogens with one attached hydrogen (secondary N) is 1. The molecule has 1 heterocycles. The fourth-order valence-electron chi connectivity index (χ4n) is 2.45. The van der Waals surface area contributed by atoms with Gasteiger partial charge in [0.1, 0.15) is 6.26 Å². The van der Waals surface area contributed by atoms with Crippen molar-refractivity contribution in [2.24, 2.45) is 0 Å². The van der Waals surface area contributed by atoms with E-state index in [9.17, 15) is 9.59 Å². The van der Waals surface area contributed by atoms with Crippen molar-refractivity contribution in [1.29, 1.82) is 0 Å². The van der Waals surface area contributed by atoms with Crippen molar-refractivity contribution in [2.75, 3.05) is 13.1 Å². The Bertz CT molecular complexity index is 454. The molecule has 0 saturated heterocycles. The molecule has 1 amide bonds. The molecule has 0 radical (unpaired) electrons. The molecule has 20 heavy (non-hydrogen) atoms. The second-order valence-corrected chi connectivity index (χ2v) is 5.01. The molecule has 0 bridgehead atoms. The van der Waals surface area contributed by atoms with Crippen molar-refractivity contribution in [3.8, 4) is 0 Å². The van der Waals surface area contributed by atoms with Gasteiger partial charge >= 0.3 is 5.97 Å². The summed E-state index contributed by atoms with van der Waals surface area (Å²) in [5.74, 6) is -0.894. The summed E-state index contributed by atoms with van der Waals surface area (Å²) in [7, 11) is 0. The predicted molar refractivity (Wildman–Crippen MR) is 70.0 cm³/mol. The van der Waals surface area contributed by atoms with Gasteiger partial charge in [0.2, 0.25) is 5.91 Å². The Kier molecular flexibility index (Phi) is 4.73. The molecule has 1 aliphatic carbocycles. The number of nitrogens with zero attached hydrogens (tertiary/aromatic N) is 2. The zero-order chi connectivity index (χ0) is 14.5. The number of aliphatic carboxylic acids is 1. The number of carboxylic acids is 1. The predicted octanol–water partition coefficient (Wildman–Crippen LogP) is 0.271. The topological polar surface area (TPSA) is 95.7 Å². The third kappa shape index (κ3) is 3.80. The highest BCUT2D eigenvalue weighted by atomic mass is 16.5. The first kappa shape index (κ1) is 14.5. The molecule has 0 aromatic carbocycles. The van der Waals surface area contributed by atoms with E-state index in [4.69, 9.17) is 5.11 Å². The lowest BCUT2D eigenvalue weighted by atomic mass is 9.85. The molecule has 7 heteroatoms. The summed E-state index contributed by atoms with van der Waals surface area (Å²) in [6.07, 6.45) is 3.24. The first-order valence-electron chi connectivity index (χ1n) is 6.73. The Morgan fingerprint density at radius 2 is 2.30 bits per heavy atom. The van der Waals surface area contributed by atoms with Crippen molar-refractivity contribution < 1.29 is 19.2 Å². The second-order valence-electron chi connectivity index (χ2n) is 5.01. The standard InChI is InChI=1S/C13H19N3O4/c1-2-16(8-13(18)19)11-5-10(6-11)14-12(17)7-9-3-4-20-15-9/h3-4,10-11H,2,5-8H2,1H3,(H,14,17)(H,18,19). The molecule has 1 fully saturated rings. The van der Waals surface area contributed by atoms with Gasteiger partial charge in [-0.2, -0.15) is 0 Å². The molecule has 1 aromatic heterocycles. The molecule has 0 aliphatic heterocycles. The average Bonchev–Trinajstić information content (AvgIpc) is 2.83. The number of hydrogen-bond donors (Lipinski definition) is 2. The largest absolute Gasteiger partial charge is 0.480 e. The van der Waals surface area contributed by atoms with Gasteiger partial charge in [0.15, 0.2) is 0 Å². The second kappa shape index (κ2) is 6.51. The molecule has 110 valence electrons. The van der Waals surface area contributed by atoms with E-state index in [1.165, 1.54) is 6.26 Å². The number of rotatable bonds is 7. The van der Waals surface area contributed by atoms with Crippen LogP contribution in [0.2, 0.25) is 0 Å². The lowest BCUT2D eigenvalue weighted by Gasteiger charge is -2.42. The average molecular weight is 281 g/mol. The van der Waals surface area contributed by atoms with Gasteiger partial charge in [0.25, 0.3) is 0 Å². The van der Waals surface area contributed by atoms with E-state index in [-0.39, 0.29) is 31.0 Å². The molecule has 7 nitrogen and oxygen atoms in total. The quantitative estimate of drug-likeness (QED) is 0.745. The number of likely N-dealkylation sites (N-methyl/N-ethyl adjacent to an activating group) is 1. The van der Waals surface area contributed by atoms with E-state index in [1.54, 1.807) is 6.07 Å². The van der Waals surface area contributed by atoms with Crippen molar-refractivity contribution in [3.05, 3.63) is 18.0 Å². The molecule has 0 unspecified atom stereocenters. The lowest BCUT2D eigenvalue weighted by Crippen LogP contribution is -2.55. The normalized spacial score (nSPS) is 21.5. The van der Waals surface area contributed by atoms with Crippen molar-refractivity contribution in [3.63, 3.8) is 0 Å². The third-order valence-corrected chi connectivity index (χ3v) is 3.57. The minimum absolute atomic E-state index is 0.0563. The molecule has 1 aromatic rings. The van der Waals surface area contributed by atoms with Crippen LogP contribution in [0, 0.1) is 0 Å². The highest BCUT2D eigenvalue weighted by molar-refractivity contribution is 5.78. The fourth-order valence-corrected chi connectivity index (χ4v) is 2.45. The number of aromatic nitrogens is 1. The summed E-state index contributed by atoms with van der Waals surface area (Å²) in [6.45, 7) is 2.71. The molecule has 1 saturated carbocycles. The highest BCUT2D eigenvalue weighted by Crippen LogP contribution is 2.25. The van der Waals surface area contributed by atoms with Gasteiger partial charge in [-0.25, -0.2) is 0 Å². The van der Waals surface area contributed by atoms with Crippen LogP contribution in [-0.2, 0) is 16.0 Å². The van der Waals surface area contributed by atoms with E-state index in [0.29, 0.717) is 12.2 Å². The highest BCUT2D eigenvalue weighted by Gasteiger charge is 2.34. The Morgan fingerprint density at radius 1 is 1.55 bits per heavy atom. The monoisotopic (exact) mass is 281 g/mol. The Balaban J connectivity index is 1.70. The van der Waals surface area contributed by atoms with Crippen LogP contribution in [0.15, 0.2) is 16.9 Å². The molecule has 2 N–H and O–H groups in total. The minimum Gasteiger partial charge on any atom is -0.480 e. The summed E-state index contributed by atoms with van der Waals surface area (Å²) in [4.78, 5) is 24.4. The van der Waals surface area contributed by atoms with Crippen LogP contribution in [-0.4, -0.2) is 52.2 Å². The molecule has 1 aliphatic rings. The van der Waals surface area contributed by atoms with E-state index in [1.807, 2.05) is 11.8 Å². The first-order valence-corrected chi connectivity index (χ1v) is 6.73. The lowest BCUT2D eigenvalue weighted by molar-refractivity contribution is -0.139. The van der Waals surface area contributed by atoms with Gasteiger partial charge in [-0.15, -0.1) is 0 Å². The molecule has 2 rings (SSSR count). The van der Waals surface area contributed by atoms with Gasteiger partial charge in [0.05, 0.1) is 18.7 Å². The Hall–Kier alpha value is -1.89. The zero-order valence-electron chi connectivity index (χ0n) is 11.4. The zero-order valence-corrected chi connectivity index (χ0v) is 11.4. The van der Waals surface area contributed by atoms with Gasteiger partial charge < -0.3 is 14.9 Å². The van der Waals surface area contributed by atoms with Gasteiger partial charge in [-0.1, -0.05) is 12.1 Å². The van der Waals surface area contributed by atoms with E-state index in [0.717, 1.165) is 12.8 Å². The molecular weight excluding hydrogens is 262 g/mol. The number of carbonyl (C=O) groups is 2. The van der Waals surface area contributed by atoms with E-state index < -0.39 is 5.97 Å². The summed E-state index contributed by atoms with van der Waals surface area (Å²) < 4.78 is 4.67. The molecule has 0 atom stereocenters. The van der Waals surface area contributed by atoms with Crippen LogP contribution >= 0.6 is 0 Å². The fraction of sp³-hybridized carbons (Fsp3) is 0.615. The van der Waals surface area contributed by atoms with Gasteiger partial charge in [0, 0.05) is 18.2 Å². The number of carboxylic acid groups (broad SMARTS) is 1. The van der Waals surface area contributed by atoms with Crippen LogP contribution in [0.1, 0.15) is 25.5 Å². The maximum Gasteiger partial charge on any atom is 0.317 e.